The van der Waals surface area contributed by atoms with Crippen molar-refractivity contribution in [3.63, 3.8) is 0 Å². The molecule has 2 aromatic carbocycles. The highest BCUT2D eigenvalue weighted by Crippen LogP contribution is 2.22. The summed E-state index contributed by atoms with van der Waals surface area (Å²) < 4.78 is 36.4. The van der Waals surface area contributed by atoms with Crippen LogP contribution in [0.4, 0.5) is 18.9 Å². The molecule has 0 amide bonds. The van der Waals surface area contributed by atoms with E-state index in [4.69, 9.17) is 0 Å². The number of alkyl halides is 3. The van der Waals surface area contributed by atoms with Gasteiger partial charge in [-0.05, 0) is 30.0 Å². The molecule has 0 atom stereocenters. The van der Waals surface area contributed by atoms with Gasteiger partial charge in [0.05, 0.1) is 0 Å². The zero-order chi connectivity index (χ0) is 15.1. The van der Waals surface area contributed by atoms with Gasteiger partial charge in [0.1, 0.15) is 0 Å². The Morgan fingerprint density at radius 2 is 1.52 bits per heavy atom. The number of anilines is 1. The van der Waals surface area contributed by atoms with E-state index in [1.54, 1.807) is 0 Å². The zero-order valence-electron chi connectivity index (χ0n) is 11.7. The second-order valence-corrected chi connectivity index (χ2v) is 4.97. The fraction of sp³-hybridized carbons (Fsp3) is 0.294. The molecule has 0 radical (unpaired) electrons. The third kappa shape index (κ3) is 5.50. The third-order valence-corrected chi connectivity index (χ3v) is 3.21. The Bertz CT molecular complexity index is 549. The Morgan fingerprint density at radius 1 is 0.857 bits per heavy atom. The summed E-state index contributed by atoms with van der Waals surface area (Å²) in [6, 6.07) is 17.7. The molecule has 0 heterocycles. The molecular formula is C17H18F3N. The molecule has 21 heavy (non-hydrogen) atoms. The van der Waals surface area contributed by atoms with E-state index in [0.717, 1.165) is 17.7 Å². The van der Waals surface area contributed by atoms with Crippen LogP contribution >= 0.6 is 0 Å². The van der Waals surface area contributed by atoms with E-state index in [2.05, 4.69) is 5.32 Å². The van der Waals surface area contributed by atoms with Gasteiger partial charge in [-0.2, -0.15) is 13.2 Å². The first-order valence-corrected chi connectivity index (χ1v) is 6.97. The van der Waals surface area contributed by atoms with Crippen LogP contribution in [-0.4, -0.2) is 12.7 Å². The summed E-state index contributed by atoms with van der Waals surface area (Å²) in [5.41, 5.74) is 3.18. The van der Waals surface area contributed by atoms with Gasteiger partial charge in [-0.25, -0.2) is 0 Å². The van der Waals surface area contributed by atoms with Gasteiger partial charge in [0, 0.05) is 18.7 Å². The highest BCUT2D eigenvalue weighted by Gasteiger charge is 2.25. The van der Waals surface area contributed by atoms with Crippen LogP contribution in [0.15, 0.2) is 54.6 Å². The third-order valence-electron chi connectivity index (χ3n) is 3.21. The molecule has 4 heteroatoms. The number of nitrogens with one attached hydrogen (secondary N) is 1. The molecule has 0 saturated heterocycles. The van der Waals surface area contributed by atoms with E-state index in [9.17, 15) is 13.2 Å². The van der Waals surface area contributed by atoms with Crippen LogP contribution in [0.25, 0.3) is 0 Å². The summed E-state index contributed by atoms with van der Waals surface area (Å²) >= 11 is 0. The van der Waals surface area contributed by atoms with Crippen molar-refractivity contribution < 1.29 is 13.2 Å². The number of para-hydroxylation sites is 1. The first kappa shape index (κ1) is 15.4. The molecule has 0 fully saturated rings. The second kappa shape index (κ2) is 7.16. The molecule has 2 aromatic rings. The number of rotatable bonds is 6. The predicted molar refractivity (Wildman–Crippen MR) is 79.5 cm³/mol. The van der Waals surface area contributed by atoms with Gasteiger partial charge >= 0.3 is 6.18 Å². The lowest BCUT2D eigenvalue weighted by Gasteiger charge is -2.13. The zero-order valence-corrected chi connectivity index (χ0v) is 11.7. The molecule has 0 unspecified atom stereocenters. The molecule has 1 N–H and O–H groups in total. The first-order chi connectivity index (χ1) is 10.0. The summed E-state index contributed by atoms with van der Waals surface area (Å²) in [7, 11) is 0. The largest absolute Gasteiger partial charge is 0.389 e. The molecule has 0 aliphatic rings. The summed E-state index contributed by atoms with van der Waals surface area (Å²) in [6.45, 7) is 0.325. The minimum Gasteiger partial charge on any atom is -0.385 e. The fourth-order valence-corrected chi connectivity index (χ4v) is 2.17. The summed E-state index contributed by atoms with van der Waals surface area (Å²) in [5.74, 6) is 0. The number of benzene rings is 2. The summed E-state index contributed by atoms with van der Waals surface area (Å²) in [5, 5.41) is 3.11. The van der Waals surface area contributed by atoms with E-state index in [1.807, 2.05) is 54.6 Å². The maximum atomic E-state index is 12.1. The smallest absolute Gasteiger partial charge is 0.385 e. The van der Waals surface area contributed by atoms with Gasteiger partial charge in [0.15, 0.2) is 0 Å². The standard InChI is InChI=1S/C17H18F3N/c18-17(19,20)11-6-12-21-16-10-5-4-9-15(16)13-14-7-2-1-3-8-14/h1-5,7-10,21H,6,11-13H2. The molecule has 0 aliphatic carbocycles. The minimum atomic E-state index is -4.08. The van der Waals surface area contributed by atoms with Gasteiger partial charge in [0.2, 0.25) is 0 Å². The van der Waals surface area contributed by atoms with Crippen LogP contribution < -0.4 is 5.32 Å². The Balaban J connectivity index is 1.94. The van der Waals surface area contributed by atoms with Crippen LogP contribution in [-0.2, 0) is 6.42 Å². The average Bonchev–Trinajstić information content (AvgIpc) is 2.45. The maximum Gasteiger partial charge on any atom is 0.389 e. The highest BCUT2D eigenvalue weighted by atomic mass is 19.4. The van der Waals surface area contributed by atoms with E-state index >= 15 is 0 Å². The lowest BCUT2D eigenvalue weighted by atomic mass is 10.0. The monoisotopic (exact) mass is 293 g/mol. The molecular weight excluding hydrogens is 275 g/mol. The highest BCUT2D eigenvalue weighted by molar-refractivity contribution is 5.52. The Kier molecular flexibility index (Phi) is 5.26. The Morgan fingerprint density at radius 3 is 2.24 bits per heavy atom. The lowest BCUT2D eigenvalue weighted by molar-refractivity contribution is -0.134. The number of hydrogen-bond donors (Lipinski definition) is 1. The van der Waals surface area contributed by atoms with E-state index in [1.165, 1.54) is 5.56 Å². The van der Waals surface area contributed by atoms with Crippen LogP contribution in [0.3, 0.4) is 0 Å². The van der Waals surface area contributed by atoms with Crippen molar-refractivity contribution >= 4 is 5.69 Å². The van der Waals surface area contributed by atoms with E-state index in [-0.39, 0.29) is 6.42 Å². The average molecular weight is 293 g/mol. The summed E-state index contributed by atoms with van der Waals surface area (Å²) in [4.78, 5) is 0. The lowest BCUT2D eigenvalue weighted by Crippen LogP contribution is -2.11. The van der Waals surface area contributed by atoms with Crippen molar-refractivity contribution in [1.82, 2.24) is 0 Å². The van der Waals surface area contributed by atoms with E-state index in [0.29, 0.717) is 6.54 Å². The number of halogens is 3. The maximum absolute atomic E-state index is 12.1. The first-order valence-electron chi connectivity index (χ1n) is 6.97. The molecule has 1 nitrogen and oxygen atoms in total. The van der Waals surface area contributed by atoms with Crippen LogP contribution in [0, 0.1) is 0 Å². The molecule has 0 aliphatic heterocycles. The van der Waals surface area contributed by atoms with Gasteiger partial charge in [-0.3, -0.25) is 0 Å². The molecule has 0 saturated carbocycles. The predicted octanol–water partition coefficient (Wildman–Crippen LogP) is 5.03. The topological polar surface area (TPSA) is 12.0 Å². The minimum absolute atomic E-state index is 0.0865. The van der Waals surface area contributed by atoms with Crippen molar-refractivity contribution in [1.29, 1.82) is 0 Å². The van der Waals surface area contributed by atoms with Crippen molar-refractivity contribution in [3.05, 3.63) is 65.7 Å². The molecule has 2 rings (SSSR count). The fourth-order valence-electron chi connectivity index (χ4n) is 2.17. The second-order valence-electron chi connectivity index (χ2n) is 4.97. The van der Waals surface area contributed by atoms with Crippen LogP contribution in [0.1, 0.15) is 24.0 Å². The van der Waals surface area contributed by atoms with Crippen molar-refractivity contribution in [2.45, 2.75) is 25.4 Å². The molecule has 0 bridgehead atoms. The molecule has 0 spiro atoms. The van der Waals surface area contributed by atoms with Gasteiger partial charge in [-0.15, -0.1) is 0 Å². The Labute approximate surface area is 122 Å². The SMILES string of the molecule is FC(F)(F)CCCNc1ccccc1Cc1ccccc1. The Hall–Kier alpha value is -1.97. The molecule has 0 aromatic heterocycles. The van der Waals surface area contributed by atoms with Crippen molar-refractivity contribution in [3.8, 4) is 0 Å². The normalized spacial score (nSPS) is 11.4. The van der Waals surface area contributed by atoms with Crippen LogP contribution in [0.5, 0.6) is 0 Å². The van der Waals surface area contributed by atoms with Gasteiger partial charge in [-0.1, -0.05) is 48.5 Å². The molecule has 112 valence electrons. The van der Waals surface area contributed by atoms with Gasteiger partial charge < -0.3 is 5.32 Å². The van der Waals surface area contributed by atoms with Crippen LogP contribution in [0.2, 0.25) is 0 Å². The quantitative estimate of drug-likeness (QED) is 0.736. The summed E-state index contributed by atoms with van der Waals surface area (Å²) in [6.07, 6.45) is -3.97. The van der Waals surface area contributed by atoms with Crippen molar-refractivity contribution in [2.24, 2.45) is 0 Å². The van der Waals surface area contributed by atoms with Gasteiger partial charge in [0.25, 0.3) is 0 Å². The number of hydrogen-bond acceptors (Lipinski definition) is 1. The van der Waals surface area contributed by atoms with Crippen molar-refractivity contribution in [2.75, 3.05) is 11.9 Å². The van der Waals surface area contributed by atoms with E-state index < -0.39 is 12.6 Å².